The number of nitrogens with zero attached hydrogens (tertiary/aromatic N) is 2. The van der Waals surface area contributed by atoms with Gasteiger partial charge in [-0.2, -0.15) is 0 Å². The maximum Gasteiger partial charge on any atom is 0.0956 e. The first-order valence-corrected chi connectivity index (χ1v) is 7.43. The van der Waals surface area contributed by atoms with E-state index < -0.39 is 0 Å². The molecule has 1 atom stereocenters. The summed E-state index contributed by atoms with van der Waals surface area (Å²) in [5.74, 6) is 0.654. The average Bonchev–Trinajstić information content (AvgIpc) is 3.19. The van der Waals surface area contributed by atoms with Gasteiger partial charge in [-0.05, 0) is 44.2 Å². The highest BCUT2D eigenvalue weighted by Crippen LogP contribution is 2.45. The van der Waals surface area contributed by atoms with Gasteiger partial charge < -0.3 is 10.3 Å². The number of nitrogens with two attached hydrogens (primary N) is 1. The fraction of sp³-hybridized carbons (Fsp3) is 0.438. The summed E-state index contributed by atoms with van der Waals surface area (Å²) in [5.41, 5.74) is 9.29. The highest BCUT2D eigenvalue weighted by atomic mass is 35.5. The Kier molecular flexibility index (Phi) is 3.35. The van der Waals surface area contributed by atoms with E-state index in [-0.39, 0.29) is 5.54 Å². The van der Waals surface area contributed by atoms with Crippen LogP contribution < -0.4 is 5.73 Å². The summed E-state index contributed by atoms with van der Waals surface area (Å²) in [7, 11) is 0. The molecule has 4 heteroatoms. The molecule has 1 saturated carbocycles. The number of hydrogen-bond acceptors (Lipinski definition) is 2. The smallest absolute Gasteiger partial charge is 0.0956 e. The van der Waals surface area contributed by atoms with Crippen LogP contribution in [0, 0.1) is 12.8 Å². The molecule has 106 valence electrons. The largest absolute Gasteiger partial charge is 0.328 e. The van der Waals surface area contributed by atoms with Gasteiger partial charge in [-0.15, -0.1) is 0 Å². The molecule has 1 aliphatic rings. The number of aryl methyl sites for hydroxylation is 1. The lowest BCUT2D eigenvalue weighted by atomic mass is 9.94. The number of halogens is 1. The van der Waals surface area contributed by atoms with Gasteiger partial charge in [0.15, 0.2) is 0 Å². The molecule has 1 heterocycles. The monoisotopic (exact) mass is 289 g/mol. The highest BCUT2D eigenvalue weighted by Gasteiger charge is 2.42. The first-order valence-electron chi connectivity index (χ1n) is 7.05. The Bertz CT molecular complexity index is 630. The minimum absolute atomic E-state index is 0.0524. The first kappa shape index (κ1) is 13.7. The Morgan fingerprint density at radius 3 is 2.80 bits per heavy atom. The van der Waals surface area contributed by atoms with Crippen molar-refractivity contribution in [2.75, 3.05) is 6.54 Å². The van der Waals surface area contributed by atoms with Gasteiger partial charge in [0.2, 0.25) is 0 Å². The Morgan fingerprint density at radius 2 is 2.20 bits per heavy atom. The van der Waals surface area contributed by atoms with Crippen LogP contribution in [0.2, 0.25) is 5.02 Å². The van der Waals surface area contributed by atoms with Crippen molar-refractivity contribution in [3.05, 3.63) is 41.3 Å². The summed E-state index contributed by atoms with van der Waals surface area (Å²) >= 11 is 6.25. The molecule has 1 fully saturated rings. The molecular weight excluding hydrogens is 270 g/mol. The van der Waals surface area contributed by atoms with E-state index in [0.29, 0.717) is 12.5 Å². The van der Waals surface area contributed by atoms with Crippen LogP contribution in [0.25, 0.3) is 11.3 Å². The fourth-order valence-corrected chi connectivity index (χ4v) is 3.02. The molecule has 0 spiro atoms. The van der Waals surface area contributed by atoms with Crippen LogP contribution in [-0.2, 0) is 5.54 Å². The highest BCUT2D eigenvalue weighted by molar-refractivity contribution is 6.31. The van der Waals surface area contributed by atoms with Crippen LogP contribution in [0.5, 0.6) is 0 Å². The van der Waals surface area contributed by atoms with Crippen LogP contribution in [0.1, 0.15) is 25.3 Å². The lowest BCUT2D eigenvalue weighted by Gasteiger charge is -2.32. The van der Waals surface area contributed by atoms with E-state index in [0.717, 1.165) is 21.8 Å². The number of aromatic nitrogens is 2. The third-order valence-electron chi connectivity index (χ3n) is 4.53. The van der Waals surface area contributed by atoms with E-state index >= 15 is 0 Å². The van der Waals surface area contributed by atoms with Crippen molar-refractivity contribution in [1.82, 2.24) is 9.55 Å². The van der Waals surface area contributed by atoms with Gasteiger partial charge in [0, 0.05) is 17.1 Å². The molecule has 1 aromatic heterocycles. The summed E-state index contributed by atoms with van der Waals surface area (Å²) < 4.78 is 2.23. The zero-order valence-electron chi connectivity index (χ0n) is 11.9. The standard InChI is InChI=1S/C16H20ClN3/c1-11-3-4-12(7-14(11)17)15-8-19-10-20(15)16(2,9-18)13-5-6-13/h3-4,7-8,10,13H,5-6,9,18H2,1-2H3. The van der Waals surface area contributed by atoms with Crippen LogP contribution in [0.3, 0.4) is 0 Å². The summed E-state index contributed by atoms with van der Waals surface area (Å²) in [6.45, 7) is 4.86. The van der Waals surface area contributed by atoms with E-state index in [1.807, 2.05) is 31.6 Å². The molecule has 1 unspecified atom stereocenters. The minimum Gasteiger partial charge on any atom is -0.328 e. The minimum atomic E-state index is -0.0524. The van der Waals surface area contributed by atoms with Gasteiger partial charge in [-0.3, -0.25) is 0 Å². The van der Waals surface area contributed by atoms with E-state index in [1.54, 1.807) is 0 Å². The molecule has 0 radical (unpaired) electrons. The Morgan fingerprint density at radius 1 is 1.45 bits per heavy atom. The molecule has 20 heavy (non-hydrogen) atoms. The number of imidazole rings is 1. The van der Waals surface area contributed by atoms with Crippen LogP contribution in [-0.4, -0.2) is 16.1 Å². The van der Waals surface area contributed by atoms with Gasteiger partial charge in [0.25, 0.3) is 0 Å². The zero-order valence-corrected chi connectivity index (χ0v) is 12.7. The van der Waals surface area contributed by atoms with E-state index in [9.17, 15) is 0 Å². The quantitative estimate of drug-likeness (QED) is 0.935. The third kappa shape index (κ3) is 2.15. The van der Waals surface area contributed by atoms with Crippen molar-refractivity contribution in [1.29, 1.82) is 0 Å². The predicted molar refractivity (Wildman–Crippen MR) is 82.8 cm³/mol. The van der Waals surface area contributed by atoms with Gasteiger partial charge in [-0.1, -0.05) is 23.7 Å². The summed E-state index contributed by atoms with van der Waals surface area (Å²) in [6, 6.07) is 6.15. The summed E-state index contributed by atoms with van der Waals surface area (Å²) in [6.07, 6.45) is 6.30. The van der Waals surface area contributed by atoms with Gasteiger partial charge in [0.1, 0.15) is 0 Å². The topological polar surface area (TPSA) is 43.8 Å². The van der Waals surface area contributed by atoms with Crippen molar-refractivity contribution in [3.63, 3.8) is 0 Å². The molecule has 0 saturated heterocycles. The van der Waals surface area contributed by atoms with Crippen LogP contribution >= 0.6 is 11.6 Å². The Labute approximate surface area is 124 Å². The summed E-state index contributed by atoms with van der Waals surface area (Å²) in [5, 5.41) is 0.788. The van der Waals surface area contributed by atoms with Crippen LogP contribution in [0.15, 0.2) is 30.7 Å². The van der Waals surface area contributed by atoms with Gasteiger partial charge in [-0.25, -0.2) is 4.98 Å². The van der Waals surface area contributed by atoms with Crippen molar-refractivity contribution >= 4 is 11.6 Å². The van der Waals surface area contributed by atoms with E-state index in [4.69, 9.17) is 17.3 Å². The van der Waals surface area contributed by atoms with Crippen LogP contribution in [0.4, 0.5) is 0 Å². The zero-order chi connectivity index (χ0) is 14.3. The molecule has 0 aliphatic heterocycles. The molecule has 3 rings (SSSR count). The average molecular weight is 290 g/mol. The normalized spacial score (nSPS) is 18.0. The van der Waals surface area contributed by atoms with Crippen molar-refractivity contribution in [2.45, 2.75) is 32.2 Å². The number of benzene rings is 1. The third-order valence-corrected chi connectivity index (χ3v) is 4.93. The molecule has 1 aromatic carbocycles. The van der Waals surface area contributed by atoms with Gasteiger partial charge in [0.05, 0.1) is 23.8 Å². The number of hydrogen-bond donors (Lipinski definition) is 1. The van der Waals surface area contributed by atoms with Gasteiger partial charge >= 0.3 is 0 Å². The first-order chi connectivity index (χ1) is 9.56. The van der Waals surface area contributed by atoms with E-state index in [2.05, 4.69) is 22.5 Å². The van der Waals surface area contributed by atoms with Crippen molar-refractivity contribution < 1.29 is 0 Å². The second kappa shape index (κ2) is 4.90. The molecule has 1 aliphatic carbocycles. The second-order valence-electron chi connectivity index (χ2n) is 5.95. The second-order valence-corrected chi connectivity index (χ2v) is 6.36. The maximum absolute atomic E-state index is 6.25. The lowest BCUT2D eigenvalue weighted by molar-refractivity contribution is 0.284. The van der Waals surface area contributed by atoms with Crippen molar-refractivity contribution in [3.8, 4) is 11.3 Å². The molecular formula is C16H20ClN3. The number of rotatable bonds is 4. The van der Waals surface area contributed by atoms with E-state index in [1.165, 1.54) is 12.8 Å². The maximum atomic E-state index is 6.25. The Hall–Kier alpha value is -1.32. The lowest BCUT2D eigenvalue weighted by Crippen LogP contribution is -2.40. The molecule has 0 bridgehead atoms. The molecule has 2 N–H and O–H groups in total. The predicted octanol–water partition coefficient (Wildman–Crippen LogP) is 3.60. The molecule has 2 aromatic rings. The fourth-order valence-electron chi connectivity index (χ4n) is 2.83. The molecule has 0 amide bonds. The Balaban J connectivity index is 2.07. The summed E-state index contributed by atoms with van der Waals surface area (Å²) in [4.78, 5) is 4.34. The van der Waals surface area contributed by atoms with Crippen molar-refractivity contribution in [2.24, 2.45) is 11.7 Å². The molecule has 3 nitrogen and oxygen atoms in total. The SMILES string of the molecule is Cc1ccc(-c2cncn2C(C)(CN)C2CC2)cc1Cl.